The number of hydrogen-bond donors (Lipinski definition) is 3. The van der Waals surface area contributed by atoms with Crippen molar-refractivity contribution in [2.75, 3.05) is 18.8 Å². The Kier molecular flexibility index (Phi) is 13.5. The number of hydrogen-bond acceptors (Lipinski definition) is 10. The van der Waals surface area contributed by atoms with Crippen molar-refractivity contribution in [3.63, 3.8) is 0 Å². The van der Waals surface area contributed by atoms with E-state index in [0.717, 1.165) is 6.42 Å². The molecule has 50 heavy (non-hydrogen) atoms. The van der Waals surface area contributed by atoms with Gasteiger partial charge in [0.25, 0.3) is 21.9 Å². The van der Waals surface area contributed by atoms with Crippen LogP contribution in [0.3, 0.4) is 0 Å². The Morgan fingerprint density at radius 1 is 0.540 bits per heavy atom. The molecule has 0 saturated heterocycles. The summed E-state index contributed by atoms with van der Waals surface area (Å²) >= 11 is 0. The third-order valence-electron chi connectivity index (χ3n) is 7.19. The summed E-state index contributed by atoms with van der Waals surface area (Å²) in [5, 5.41) is 21.9. The first-order valence-corrected chi connectivity index (χ1v) is 17.4. The summed E-state index contributed by atoms with van der Waals surface area (Å²) in [4.78, 5) is 49.3. The maximum Gasteiger partial charge on any atom is 0.266 e. The molecule has 14 heteroatoms. The third kappa shape index (κ3) is 12.1. The molecule has 4 aromatic rings. The number of carbonyl (C=O) groups excluding carboxylic acids is 4. The van der Waals surface area contributed by atoms with Crippen molar-refractivity contribution in [1.82, 2.24) is 10.6 Å². The summed E-state index contributed by atoms with van der Waals surface area (Å²) < 4.78 is 30.3. The molecular formula is C36H36N6O7S. The van der Waals surface area contributed by atoms with Crippen LogP contribution in [0.1, 0.15) is 74.0 Å². The van der Waals surface area contributed by atoms with Crippen molar-refractivity contribution in [2.24, 2.45) is 20.5 Å². The quantitative estimate of drug-likeness (QED) is 0.0439. The van der Waals surface area contributed by atoms with Crippen LogP contribution in [0.2, 0.25) is 0 Å². The fourth-order valence-corrected chi connectivity index (χ4v) is 4.84. The standard InChI is InChI=1S/C36H36N6O7S/c1-2-4-33(43)25-6-14-29(15-7-25)39-41-31-18-10-27(11-19-31)35(45)37-22-3-5-34(44)26-8-16-30(17-9-26)40-42-32-20-12-28(13-21-32)36(46)38-23-24-50(47,48)49/h6-21H,2-5,22-24H2,1H3,(H,37,45)(H,38,46)(H,47,48,49). The van der Waals surface area contributed by atoms with Gasteiger partial charge in [-0.25, -0.2) is 0 Å². The molecular weight excluding hydrogens is 660 g/mol. The molecule has 0 bridgehead atoms. The van der Waals surface area contributed by atoms with Gasteiger partial charge in [0, 0.05) is 48.2 Å². The largest absolute Gasteiger partial charge is 0.352 e. The number of nitrogens with one attached hydrogen (secondary N) is 2. The van der Waals surface area contributed by atoms with Gasteiger partial charge in [-0.1, -0.05) is 6.92 Å². The number of amides is 2. The van der Waals surface area contributed by atoms with Crippen LogP contribution in [0.25, 0.3) is 0 Å². The van der Waals surface area contributed by atoms with Gasteiger partial charge in [0.15, 0.2) is 11.6 Å². The van der Waals surface area contributed by atoms with E-state index >= 15 is 0 Å². The first-order chi connectivity index (χ1) is 24.0. The fourth-order valence-electron chi connectivity index (χ4n) is 4.48. The van der Waals surface area contributed by atoms with Crippen LogP contribution >= 0.6 is 0 Å². The summed E-state index contributed by atoms with van der Waals surface area (Å²) in [6.45, 7) is 2.06. The summed E-state index contributed by atoms with van der Waals surface area (Å²) in [6.07, 6.45) is 2.00. The van der Waals surface area contributed by atoms with Crippen molar-refractivity contribution in [3.8, 4) is 0 Å². The minimum atomic E-state index is -4.16. The van der Waals surface area contributed by atoms with E-state index in [9.17, 15) is 27.6 Å². The molecule has 0 saturated carbocycles. The predicted octanol–water partition coefficient (Wildman–Crippen LogP) is 7.51. The second-order valence-electron chi connectivity index (χ2n) is 11.1. The van der Waals surface area contributed by atoms with Gasteiger partial charge in [-0.3, -0.25) is 23.7 Å². The molecule has 258 valence electrons. The van der Waals surface area contributed by atoms with Crippen LogP contribution in [0.15, 0.2) is 118 Å². The monoisotopic (exact) mass is 696 g/mol. The van der Waals surface area contributed by atoms with Crippen LogP contribution in [0.4, 0.5) is 22.7 Å². The number of azo groups is 2. The van der Waals surface area contributed by atoms with Crippen LogP contribution in [0.5, 0.6) is 0 Å². The lowest BCUT2D eigenvalue weighted by molar-refractivity contribution is 0.0937. The number of nitrogens with zero attached hydrogens (tertiary/aromatic N) is 4. The SMILES string of the molecule is CCCC(=O)c1ccc(N=Nc2ccc(C(=O)NCCCC(=O)c3ccc(N=Nc4ccc(C(=O)NCCS(=O)(=O)O)cc4)cc3)cc2)cc1. The molecule has 2 amide bonds. The molecule has 13 nitrogen and oxygen atoms in total. The molecule has 0 unspecified atom stereocenters. The van der Waals surface area contributed by atoms with Crippen molar-refractivity contribution >= 4 is 56.2 Å². The molecule has 0 heterocycles. The molecule has 3 N–H and O–H groups in total. The lowest BCUT2D eigenvalue weighted by atomic mass is 10.1. The summed E-state index contributed by atoms with van der Waals surface area (Å²) in [6, 6.07) is 26.4. The highest BCUT2D eigenvalue weighted by Gasteiger charge is 2.10. The number of benzene rings is 4. The lowest BCUT2D eigenvalue weighted by Crippen LogP contribution is -2.28. The highest BCUT2D eigenvalue weighted by molar-refractivity contribution is 7.85. The van der Waals surface area contributed by atoms with E-state index in [1.54, 1.807) is 84.9 Å². The van der Waals surface area contributed by atoms with Gasteiger partial charge in [0.05, 0.1) is 28.5 Å². The molecule has 0 aromatic heterocycles. The molecule has 0 spiro atoms. The van der Waals surface area contributed by atoms with Crippen molar-refractivity contribution < 1.29 is 32.1 Å². The molecule has 0 aliphatic heterocycles. The second kappa shape index (κ2) is 18.1. The zero-order chi connectivity index (χ0) is 35.9. The van der Waals surface area contributed by atoms with Crippen molar-refractivity contribution in [3.05, 3.63) is 119 Å². The van der Waals surface area contributed by atoms with Crippen molar-refractivity contribution in [2.45, 2.75) is 32.6 Å². The van der Waals surface area contributed by atoms with E-state index in [1.807, 2.05) is 6.92 Å². The van der Waals surface area contributed by atoms with Crippen LogP contribution in [0, 0.1) is 0 Å². The highest BCUT2D eigenvalue weighted by atomic mass is 32.2. The van der Waals surface area contributed by atoms with E-state index in [0.29, 0.717) is 58.8 Å². The molecule has 0 aliphatic carbocycles. The molecule has 0 atom stereocenters. The zero-order valence-electron chi connectivity index (χ0n) is 27.3. The topological polar surface area (TPSA) is 196 Å². The van der Waals surface area contributed by atoms with Crippen LogP contribution < -0.4 is 10.6 Å². The number of rotatable bonds is 17. The van der Waals surface area contributed by atoms with E-state index in [2.05, 4.69) is 31.1 Å². The van der Waals surface area contributed by atoms with Crippen LogP contribution in [-0.2, 0) is 10.1 Å². The highest BCUT2D eigenvalue weighted by Crippen LogP contribution is 2.21. The normalized spacial score (nSPS) is 11.5. The smallest absolute Gasteiger partial charge is 0.266 e. The average molecular weight is 697 g/mol. The maximum atomic E-state index is 12.7. The second-order valence-corrected chi connectivity index (χ2v) is 12.7. The van der Waals surface area contributed by atoms with E-state index in [-0.39, 0.29) is 36.0 Å². The van der Waals surface area contributed by atoms with Crippen molar-refractivity contribution in [1.29, 1.82) is 0 Å². The van der Waals surface area contributed by atoms with E-state index in [1.165, 1.54) is 12.1 Å². The lowest BCUT2D eigenvalue weighted by Gasteiger charge is -2.06. The Labute approximate surface area is 289 Å². The third-order valence-corrected chi connectivity index (χ3v) is 7.91. The fraction of sp³-hybridized carbons (Fsp3) is 0.222. The summed E-state index contributed by atoms with van der Waals surface area (Å²) in [7, 11) is -4.16. The Bertz CT molecular complexity index is 1960. The average Bonchev–Trinajstić information content (AvgIpc) is 3.12. The van der Waals surface area contributed by atoms with E-state index in [4.69, 9.17) is 4.55 Å². The molecule has 0 fully saturated rings. The number of ketones is 2. The van der Waals surface area contributed by atoms with Gasteiger partial charge in [-0.05, 0) is 110 Å². The Hall–Kier alpha value is -5.73. The molecule has 4 aromatic carbocycles. The minimum absolute atomic E-state index is 0.0786. The number of carbonyl (C=O) groups is 4. The minimum Gasteiger partial charge on any atom is -0.352 e. The van der Waals surface area contributed by atoms with Gasteiger partial charge in [0.2, 0.25) is 0 Å². The van der Waals surface area contributed by atoms with Gasteiger partial charge in [-0.2, -0.15) is 28.9 Å². The summed E-state index contributed by atoms with van der Waals surface area (Å²) in [5.74, 6) is -1.32. The van der Waals surface area contributed by atoms with Gasteiger partial charge < -0.3 is 10.6 Å². The zero-order valence-corrected chi connectivity index (χ0v) is 28.1. The van der Waals surface area contributed by atoms with Gasteiger partial charge in [-0.15, -0.1) is 0 Å². The molecule has 4 rings (SSSR count). The van der Waals surface area contributed by atoms with Gasteiger partial charge in [0.1, 0.15) is 0 Å². The predicted molar refractivity (Wildman–Crippen MR) is 188 cm³/mol. The first-order valence-electron chi connectivity index (χ1n) is 15.8. The van der Waals surface area contributed by atoms with Gasteiger partial charge >= 0.3 is 0 Å². The number of Topliss-reactive ketones (excluding diaryl/α,β-unsaturated/α-hetero) is 2. The Balaban J connectivity index is 1.17. The maximum absolute atomic E-state index is 12.7. The Morgan fingerprint density at radius 2 is 0.880 bits per heavy atom. The molecule has 0 aliphatic rings. The van der Waals surface area contributed by atoms with Crippen LogP contribution in [-0.4, -0.2) is 55.2 Å². The Morgan fingerprint density at radius 3 is 1.24 bits per heavy atom. The van der Waals surface area contributed by atoms with E-state index < -0.39 is 21.8 Å². The summed E-state index contributed by atoms with van der Waals surface area (Å²) in [5.41, 5.74) is 4.07. The first kappa shape index (κ1) is 37.1. The molecule has 0 radical (unpaired) electrons.